The fraction of sp³-hybridized carbons (Fsp3) is 0.389. The van der Waals surface area contributed by atoms with E-state index in [-0.39, 0.29) is 29.5 Å². The number of carbonyl (C=O) groups excluding carboxylic acids is 1. The molecule has 1 aliphatic rings. The highest BCUT2D eigenvalue weighted by Crippen LogP contribution is 2.28. The van der Waals surface area contributed by atoms with E-state index in [1.54, 1.807) is 24.5 Å². The molecule has 1 aromatic heterocycles. The Labute approximate surface area is 147 Å². The highest BCUT2D eigenvalue weighted by atomic mass is 35.5. The van der Waals surface area contributed by atoms with Crippen molar-refractivity contribution < 1.29 is 9.18 Å². The SMILES string of the molecule is CC1(CNC(=O)c2c[nH]cc2-c2ccc(F)cc2)CCNCC1.Cl. The van der Waals surface area contributed by atoms with E-state index in [2.05, 4.69) is 22.5 Å². The van der Waals surface area contributed by atoms with E-state index in [1.165, 1.54) is 12.1 Å². The minimum atomic E-state index is -0.283. The molecular formula is C18H23ClFN3O. The average Bonchev–Trinajstić information content (AvgIpc) is 3.04. The third-order valence-electron chi connectivity index (χ3n) is 4.63. The fourth-order valence-electron chi connectivity index (χ4n) is 3.02. The summed E-state index contributed by atoms with van der Waals surface area (Å²) >= 11 is 0. The maximum atomic E-state index is 13.1. The molecular weight excluding hydrogens is 329 g/mol. The van der Waals surface area contributed by atoms with Gasteiger partial charge in [-0.2, -0.15) is 0 Å². The second-order valence-corrected chi connectivity index (χ2v) is 6.53. The first-order valence-electron chi connectivity index (χ1n) is 7.99. The Morgan fingerprint density at radius 3 is 2.54 bits per heavy atom. The zero-order valence-corrected chi connectivity index (χ0v) is 14.5. The summed E-state index contributed by atoms with van der Waals surface area (Å²) in [7, 11) is 0. The lowest BCUT2D eigenvalue weighted by atomic mass is 9.81. The molecule has 0 saturated carbocycles. The number of hydrogen-bond donors (Lipinski definition) is 3. The van der Waals surface area contributed by atoms with Gasteiger partial charge in [0.05, 0.1) is 5.56 Å². The zero-order valence-electron chi connectivity index (χ0n) is 13.7. The lowest BCUT2D eigenvalue weighted by Gasteiger charge is -2.34. The lowest BCUT2D eigenvalue weighted by molar-refractivity contribution is 0.0923. The van der Waals surface area contributed by atoms with Crippen molar-refractivity contribution in [2.24, 2.45) is 5.41 Å². The number of H-pyrrole nitrogens is 1. The third kappa shape index (κ3) is 4.16. The van der Waals surface area contributed by atoms with Crippen molar-refractivity contribution >= 4 is 18.3 Å². The van der Waals surface area contributed by atoms with Gasteiger partial charge in [-0.3, -0.25) is 4.79 Å². The molecule has 0 radical (unpaired) electrons. The Bertz CT molecular complexity index is 678. The van der Waals surface area contributed by atoms with Gasteiger partial charge in [-0.15, -0.1) is 12.4 Å². The van der Waals surface area contributed by atoms with E-state index in [0.717, 1.165) is 37.1 Å². The summed E-state index contributed by atoms with van der Waals surface area (Å²) < 4.78 is 13.1. The molecule has 1 aliphatic heterocycles. The Hall–Kier alpha value is -1.85. The number of amides is 1. The van der Waals surface area contributed by atoms with Gasteiger partial charge in [0, 0.05) is 24.5 Å². The van der Waals surface area contributed by atoms with Gasteiger partial charge in [0.2, 0.25) is 0 Å². The summed E-state index contributed by atoms with van der Waals surface area (Å²) in [6.45, 7) is 4.88. The van der Waals surface area contributed by atoms with Crippen LogP contribution in [0.2, 0.25) is 0 Å². The normalized spacial score (nSPS) is 16.2. The van der Waals surface area contributed by atoms with Crippen LogP contribution in [0.5, 0.6) is 0 Å². The highest BCUT2D eigenvalue weighted by Gasteiger charge is 2.27. The van der Waals surface area contributed by atoms with Gasteiger partial charge in [-0.25, -0.2) is 4.39 Å². The number of carbonyl (C=O) groups is 1. The van der Waals surface area contributed by atoms with Crippen molar-refractivity contribution in [3.8, 4) is 11.1 Å². The van der Waals surface area contributed by atoms with Crippen LogP contribution in [-0.4, -0.2) is 30.5 Å². The molecule has 0 spiro atoms. The molecule has 1 amide bonds. The summed E-state index contributed by atoms with van der Waals surface area (Å²) in [5, 5.41) is 6.40. The monoisotopic (exact) mass is 351 g/mol. The Morgan fingerprint density at radius 1 is 1.21 bits per heavy atom. The number of aromatic nitrogens is 1. The molecule has 130 valence electrons. The smallest absolute Gasteiger partial charge is 0.253 e. The summed E-state index contributed by atoms with van der Waals surface area (Å²) in [5.41, 5.74) is 2.35. The average molecular weight is 352 g/mol. The largest absolute Gasteiger partial charge is 0.366 e. The van der Waals surface area contributed by atoms with Gasteiger partial charge in [0.15, 0.2) is 0 Å². The van der Waals surface area contributed by atoms with Crippen LogP contribution in [0.15, 0.2) is 36.7 Å². The molecule has 24 heavy (non-hydrogen) atoms. The number of nitrogens with one attached hydrogen (secondary N) is 3. The topological polar surface area (TPSA) is 56.9 Å². The summed E-state index contributed by atoms with van der Waals surface area (Å²) in [6.07, 6.45) is 5.59. The molecule has 6 heteroatoms. The van der Waals surface area contributed by atoms with E-state index in [1.807, 2.05) is 0 Å². The Morgan fingerprint density at radius 2 is 1.88 bits per heavy atom. The maximum absolute atomic E-state index is 13.1. The number of hydrogen-bond acceptors (Lipinski definition) is 2. The van der Waals surface area contributed by atoms with Crippen molar-refractivity contribution in [2.45, 2.75) is 19.8 Å². The molecule has 0 bridgehead atoms. The molecule has 1 aromatic carbocycles. The molecule has 3 rings (SSSR count). The van der Waals surface area contributed by atoms with Gasteiger partial charge in [0.1, 0.15) is 5.82 Å². The predicted molar refractivity (Wildman–Crippen MR) is 96.0 cm³/mol. The fourth-order valence-corrected chi connectivity index (χ4v) is 3.02. The first kappa shape index (κ1) is 18.5. The molecule has 1 saturated heterocycles. The Balaban J connectivity index is 0.00000208. The van der Waals surface area contributed by atoms with E-state index in [4.69, 9.17) is 0 Å². The molecule has 2 aromatic rings. The highest BCUT2D eigenvalue weighted by molar-refractivity contribution is 6.00. The van der Waals surface area contributed by atoms with Crippen LogP contribution in [0.3, 0.4) is 0 Å². The van der Waals surface area contributed by atoms with Crippen LogP contribution in [0.4, 0.5) is 4.39 Å². The molecule has 0 aliphatic carbocycles. The number of halogens is 2. The van der Waals surface area contributed by atoms with Crippen LogP contribution in [0, 0.1) is 11.2 Å². The van der Waals surface area contributed by atoms with E-state index >= 15 is 0 Å². The van der Waals surface area contributed by atoms with Crippen molar-refractivity contribution in [1.82, 2.24) is 15.6 Å². The van der Waals surface area contributed by atoms with Gasteiger partial charge >= 0.3 is 0 Å². The number of rotatable bonds is 4. The summed E-state index contributed by atoms with van der Waals surface area (Å²) in [4.78, 5) is 15.5. The van der Waals surface area contributed by atoms with Crippen LogP contribution >= 0.6 is 12.4 Å². The van der Waals surface area contributed by atoms with Gasteiger partial charge in [-0.1, -0.05) is 19.1 Å². The van der Waals surface area contributed by atoms with E-state index < -0.39 is 0 Å². The Kier molecular flexibility index (Phi) is 6.02. The minimum Gasteiger partial charge on any atom is -0.366 e. The molecule has 1 fully saturated rings. The maximum Gasteiger partial charge on any atom is 0.253 e. The van der Waals surface area contributed by atoms with Crippen LogP contribution in [0.25, 0.3) is 11.1 Å². The lowest BCUT2D eigenvalue weighted by Crippen LogP contribution is -2.42. The molecule has 2 heterocycles. The van der Waals surface area contributed by atoms with Crippen molar-refractivity contribution in [3.63, 3.8) is 0 Å². The van der Waals surface area contributed by atoms with Crippen LogP contribution in [0.1, 0.15) is 30.1 Å². The second-order valence-electron chi connectivity index (χ2n) is 6.53. The summed E-state index contributed by atoms with van der Waals surface area (Å²) in [6, 6.07) is 6.17. The first-order chi connectivity index (χ1) is 11.1. The van der Waals surface area contributed by atoms with Gasteiger partial charge in [-0.05, 0) is 49.0 Å². The van der Waals surface area contributed by atoms with Crippen LogP contribution < -0.4 is 10.6 Å². The number of aromatic amines is 1. The van der Waals surface area contributed by atoms with E-state index in [9.17, 15) is 9.18 Å². The second kappa shape index (κ2) is 7.81. The van der Waals surface area contributed by atoms with Crippen molar-refractivity contribution in [3.05, 3.63) is 48.0 Å². The van der Waals surface area contributed by atoms with Gasteiger partial charge < -0.3 is 15.6 Å². The van der Waals surface area contributed by atoms with E-state index in [0.29, 0.717) is 12.1 Å². The minimum absolute atomic E-state index is 0. The predicted octanol–water partition coefficient (Wildman–Crippen LogP) is 3.36. The van der Waals surface area contributed by atoms with Crippen molar-refractivity contribution in [2.75, 3.05) is 19.6 Å². The number of benzene rings is 1. The molecule has 4 nitrogen and oxygen atoms in total. The molecule has 3 N–H and O–H groups in total. The standard InChI is InChI=1S/C18H22FN3O.ClH/c1-18(6-8-20-9-7-18)12-22-17(23)16-11-21-10-15(16)13-2-4-14(19)5-3-13;/h2-5,10-11,20-21H,6-9,12H2,1H3,(H,22,23);1H. The van der Waals surface area contributed by atoms with Crippen molar-refractivity contribution in [1.29, 1.82) is 0 Å². The van der Waals surface area contributed by atoms with Crippen LogP contribution in [-0.2, 0) is 0 Å². The first-order valence-corrected chi connectivity index (χ1v) is 7.99. The third-order valence-corrected chi connectivity index (χ3v) is 4.63. The zero-order chi connectivity index (χ0) is 16.3. The number of piperidine rings is 1. The quantitative estimate of drug-likeness (QED) is 0.791. The van der Waals surface area contributed by atoms with Gasteiger partial charge in [0.25, 0.3) is 5.91 Å². The summed E-state index contributed by atoms with van der Waals surface area (Å²) in [5.74, 6) is -0.376. The molecule has 0 unspecified atom stereocenters. The molecule has 0 atom stereocenters.